The molecule has 0 saturated heterocycles. The zero-order valence-electron chi connectivity index (χ0n) is 44.0. The Morgan fingerprint density at radius 1 is 0.597 bits per heavy atom. The highest BCUT2D eigenvalue weighted by atomic mass is 16.5. The summed E-state index contributed by atoms with van der Waals surface area (Å²) < 4.78 is 33.5. The molecule has 2 aromatic heterocycles. The summed E-state index contributed by atoms with van der Waals surface area (Å²) in [5, 5.41) is 0. The van der Waals surface area contributed by atoms with Crippen molar-refractivity contribution in [2.75, 3.05) is 0 Å². The Hall–Kier alpha value is -6.26. The van der Waals surface area contributed by atoms with Gasteiger partial charge in [0.05, 0.1) is 5.56 Å². The standard InChI is InChI=1S/C63H67N3O/c1-35(2)41-21-23-42(24-22-41)43-27-28-64-56(32-43)52-34-46(62(12,13)14)33-51-49-19-16-20-55-59(49)66-61(53-31-45(36(3)4)30-50(39(9)10)60(53)67-63(64,66)58(51)52)65(55)54-26-25-44(29-40(54)11)57-47(37(5)6)17-15-18-48(57)38(7)8/h15-39H,1-14H3/q+2/i35D,37D. The molecule has 67 heavy (non-hydrogen) atoms. The van der Waals surface area contributed by atoms with E-state index in [4.69, 9.17) is 6.11 Å². The van der Waals surface area contributed by atoms with Gasteiger partial charge in [-0.15, -0.1) is 9.13 Å². The molecule has 0 saturated carbocycles. The Balaban J connectivity index is 1.26. The van der Waals surface area contributed by atoms with E-state index in [-0.39, 0.29) is 11.3 Å². The molecule has 11 rings (SSSR count). The first-order valence-electron chi connectivity index (χ1n) is 25.6. The average molecular weight is 884 g/mol. The van der Waals surface area contributed by atoms with Gasteiger partial charge in [0.15, 0.2) is 23.0 Å². The molecule has 8 aromatic rings. The summed E-state index contributed by atoms with van der Waals surface area (Å²) >= 11 is 0. The van der Waals surface area contributed by atoms with E-state index in [9.17, 15) is 1.37 Å². The molecule has 0 fully saturated rings. The second-order valence-corrected chi connectivity index (χ2v) is 22.0. The van der Waals surface area contributed by atoms with Crippen molar-refractivity contribution >= 4 is 11.0 Å². The molecule has 0 bridgehead atoms. The third-order valence-electron chi connectivity index (χ3n) is 15.1. The van der Waals surface area contributed by atoms with Crippen LogP contribution < -0.4 is 13.9 Å². The van der Waals surface area contributed by atoms with Crippen LogP contribution in [0.1, 0.15) is 167 Å². The number of aromatic nitrogens is 3. The van der Waals surface area contributed by atoms with Crippen molar-refractivity contribution in [2.45, 2.75) is 138 Å². The minimum Gasteiger partial charge on any atom is -0.392 e. The van der Waals surface area contributed by atoms with Crippen LogP contribution in [0.3, 0.4) is 0 Å². The van der Waals surface area contributed by atoms with Crippen molar-refractivity contribution in [2.24, 2.45) is 0 Å². The molecule has 3 aliphatic heterocycles. The van der Waals surface area contributed by atoms with Gasteiger partial charge >= 0.3 is 11.7 Å². The lowest BCUT2D eigenvalue weighted by Gasteiger charge is -2.34. The first-order chi connectivity index (χ1) is 32.5. The molecule has 4 heteroatoms. The van der Waals surface area contributed by atoms with Crippen LogP contribution in [0.2, 0.25) is 0 Å². The third-order valence-corrected chi connectivity index (χ3v) is 15.1. The maximum absolute atomic E-state index is 9.27. The molecule has 3 aliphatic rings. The average Bonchev–Trinajstić information content (AvgIpc) is 3.78. The molecular formula is C63H67N3O+2. The predicted octanol–water partition coefficient (Wildman–Crippen LogP) is 16.0. The fourth-order valence-electron chi connectivity index (χ4n) is 11.4. The van der Waals surface area contributed by atoms with E-state index in [0.29, 0.717) is 11.8 Å². The molecule has 0 radical (unpaired) electrons. The van der Waals surface area contributed by atoms with E-state index >= 15 is 0 Å². The zero-order chi connectivity index (χ0) is 49.0. The summed E-state index contributed by atoms with van der Waals surface area (Å²) in [4.78, 5) is 0. The van der Waals surface area contributed by atoms with Gasteiger partial charge in [-0.25, -0.2) is 0 Å². The van der Waals surface area contributed by atoms with E-state index in [2.05, 4.69) is 204 Å². The SMILES string of the molecule is [2H]C(C)(C)c1ccc(-c2cc[n+]3c(c2)-c2cc(C(C)(C)C)cc4c2C32Oc3c(cc(C(C)C)cc3C(C)C)-c3n(-c5ccc(-c6c(C(C)C)cccc6C([2H])(C)C)cc5C)c5cccc-4c5[n+]32)cc1. The van der Waals surface area contributed by atoms with E-state index in [1.54, 1.807) is 0 Å². The van der Waals surface area contributed by atoms with Gasteiger partial charge in [0, 0.05) is 26.0 Å². The number of imidazole rings is 1. The Kier molecular flexibility index (Phi) is 9.25. The first-order valence-corrected chi connectivity index (χ1v) is 24.6. The van der Waals surface area contributed by atoms with Gasteiger partial charge in [-0.1, -0.05) is 151 Å². The molecule has 0 amide bonds. The van der Waals surface area contributed by atoms with Crippen molar-refractivity contribution in [3.63, 3.8) is 0 Å². The summed E-state index contributed by atoms with van der Waals surface area (Å²) in [6.45, 7) is 30.8. The Labute approximate surface area is 401 Å². The monoisotopic (exact) mass is 884 g/mol. The summed E-state index contributed by atoms with van der Waals surface area (Å²) in [5.74, 6) is 0.292. The molecule has 4 nitrogen and oxygen atoms in total. The number of rotatable bonds is 8. The number of ether oxygens (including phenoxy) is 1. The highest BCUT2D eigenvalue weighted by molar-refractivity contribution is 5.98. The smallest absolute Gasteiger partial charge is 0.392 e. The second kappa shape index (κ2) is 15.1. The van der Waals surface area contributed by atoms with Crippen LogP contribution in [0, 0.1) is 6.92 Å². The second-order valence-electron chi connectivity index (χ2n) is 22.0. The van der Waals surface area contributed by atoms with Gasteiger partial charge in [0.2, 0.25) is 5.69 Å². The van der Waals surface area contributed by atoms with Gasteiger partial charge in [-0.2, -0.15) is 4.57 Å². The van der Waals surface area contributed by atoms with E-state index in [1.807, 2.05) is 27.7 Å². The number of nitrogens with zero attached hydrogens (tertiary/aromatic N) is 3. The maximum Gasteiger partial charge on any atom is 0.499 e. The van der Waals surface area contributed by atoms with Gasteiger partial charge in [-0.05, 0) is 146 Å². The van der Waals surface area contributed by atoms with Crippen molar-refractivity contribution in [3.8, 4) is 67.5 Å². The van der Waals surface area contributed by atoms with Crippen molar-refractivity contribution in [1.29, 1.82) is 0 Å². The fraction of sp³-hybridized carbons (Fsp3) is 0.333. The number of aryl methyl sites for hydroxylation is 1. The van der Waals surface area contributed by atoms with Crippen LogP contribution in [0.15, 0.2) is 121 Å². The van der Waals surface area contributed by atoms with E-state index in [1.165, 1.54) is 50.1 Å². The summed E-state index contributed by atoms with van der Waals surface area (Å²) in [5.41, 5.74) is 23.0. The van der Waals surface area contributed by atoms with Crippen molar-refractivity contribution in [1.82, 2.24) is 4.57 Å². The number of hydrogen-bond donors (Lipinski definition) is 0. The Morgan fingerprint density at radius 2 is 1.28 bits per heavy atom. The maximum atomic E-state index is 9.27. The highest BCUT2D eigenvalue weighted by Gasteiger charge is 2.69. The van der Waals surface area contributed by atoms with Gasteiger partial charge < -0.3 is 4.74 Å². The van der Waals surface area contributed by atoms with Crippen LogP contribution in [0.25, 0.3) is 72.7 Å². The quantitative estimate of drug-likeness (QED) is 0.139. The molecule has 338 valence electrons. The predicted molar refractivity (Wildman–Crippen MR) is 278 cm³/mol. The van der Waals surface area contributed by atoms with Crippen LogP contribution in [0.4, 0.5) is 0 Å². The van der Waals surface area contributed by atoms with Crippen molar-refractivity contribution < 1.29 is 16.6 Å². The molecule has 1 unspecified atom stereocenters. The lowest BCUT2D eigenvalue weighted by Crippen LogP contribution is -2.78. The lowest BCUT2D eigenvalue weighted by atomic mass is 9.80. The van der Waals surface area contributed by atoms with E-state index in [0.717, 1.165) is 72.9 Å². The molecule has 1 spiro atoms. The molecular weight excluding hydrogens is 815 g/mol. The minimum absolute atomic E-state index is 0.124. The zero-order valence-corrected chi connectivity index (χ0v) is 42.0. The summed E-state index contributed by atoms with van der Waals surface area (Å²) in [7, 11) is 0. The van der Waals surface area contributed by atoms with E-state index < -0.39 is 17.6 Å². The number of para-hydroxylation sites is 1. The number of pyridine rings is 1. The fourth-order valence-corrected chi connectivity index (χ4v) is 11.4. The van der Waals surface area contributed by atoms with Crippen LogP contribution >= 0.6 is 0 Å². The Bertz CT molecular complexity index is 3460. The molecule has 6 aromatic carbocycles. The topological polar surface area (TPSA) is 21.9 Å². The first kappa shape index (κ1) is 41.0. The molecule has 0 aliphatic carbocycles. The van der Waals surface area contributed by atoms with Crippen LogP contribution in [-0.4, -0.2) is 4.57 Å². The Morgan fingerprint density at radius 3 is 1.94 bits per heavy atom. The molecule has 5 heterocycles. The van der Waals surface area contributed by atoms with Gasteiger partial charge in [0.1, 0.15) is 16.8 Å². The highest BCUT2D eigenvalue weighted by Crippen LogP contribution is 2.56. The van der Waals surface area contributed by atoms with Crippen LogP contribution in [0.5, 0.6) is 5.75 Å². The normalized spacial score (nSPS) is 16.3. The summed E-state index contributed by atoms with van der Waals surface area (Å²) in [6.07, 6.45) is 2.27. The number of fused-ring (bicyclic) bond motifs is 5. The third kappa shape index (κ3) is 6.23. The van der Waals surface area contributed by atoms with Crippen molar-refractivity contribution in [3.05, 3.63) is 166 Å². The summed E-state index contributed by atoms with van der Waals surface area (Å²) in [6, 6.07) is 43.2. The van der Waals surface area contributed by atoms with Gasteiger partial charge in [0.25, 0.3) is 0 Å². The minimum atomic E-state index is -1.09. The molecule has 1 atom stereocenters. The van der Waals surface area contributed by atoms with Crippen LogP contribution in [-0.2, 0) is 11.3 Å². The van der Waals surface area contributed by atoms with Gasteiger partial charge in [-0.3, -0.25) is 0 Å². The largest absolute Gasteiger partial charge is 0.499 e. The molecule has 0 N–H and O–H groups in total. The number of hydrogen-bond acceptors (Lipinski definition) is 1. The lowest BCUT2D eigenvalue weighted by molar-refractivity contribution is -0.997. The number of benzene rings is 6.